The van der Waals surface area contributed by atoms with Gasteiger partial charge in [0.25, 0.3) is 0 Å². The molecule has 1 saturated carbocycles. The number of nitrogens with one attached hydrogen (secondary N) is 1. The van der Waals surface area contributed by atoms with Crippen molar-refractivity contribution in [2.45, 2.75) is 51.5 Å². The highest BCUT2D eigenvalue weighted by molar-refractivity contribution is 5.30. The number of hydrogen-bond acceptors (Lipinski definition) is 1. The van der Waals surface area contributed by atoms with Crippen LogP contribution >= 0.6 is 0 Å². The van der Waals surface area contributed by atoms with Gasteiger partial charge in [0.15, 0.2) is 0 Å². The quantitative estimate of drug-likeness (QED) is 0.835. The monoisotopic (exact) mass is 231 g/mol. The molecule has 2 unspecified atom stereocenters. The first kappa shape index (κ1) is 12.6. The lowest BCUT2D eigenvalue weighted by Gasteiger charge is -2.50. The average Bonchev–Trinajstić information content (AvgIpc) is 2.28. The highest BCUT2D eigenvalue weighted by Gasteiger charge is 2.45. The van der Waals surface area contributed by atoms with Gasteiger partial charge < -0.3 is 5.32 Å². The Bertz CT molecular complexity index is 363. The van der Waals surface area contributed by atoms with E-state index in [1.807, 2.05) is 0 Å². The summed E-state index contributed by atoms with van der Waals surface area (Å²) in [6.45, 7) is 10.2. The van der Waals surface area contributed by atoms with Crippen molar-refractivity contribution >= 4 is 0 Å². The van der Waals surface area contributed by atoms with Gasteiger partial charge in [0.1, 0.15) is 0 Å². The highest BCUT2D eigenvalue weighted by atomic mass is 15.0. The number of benzene rings is 1. The van der Waals surface area contributed by atoms with Gasteiger partial charge >= 0.3 is 0 Å². The topological polar surface area (TPSA) is 12.0 Å². The first-order valence-electron chi connectivity index (χ1n) is 6.75. The molecule has 0 heterocycles. The van der Waals surface area contributed by atoms with Crippen molar-refractivity contribution in [3.05, 3.63) is 35.9 Å². The molecule has 1 aliphatic carbocycles. The maximum Gasteiger partial charge on any atom is 0.0104 e. The van der Waals surface area contributed by atoms with Crippen LogP contribution in [0.2, 0.25) is 0 Å². The Labute approximate surface area is 106 Å². The zero-order chi connectivity index (χ0) is 12.5. The van der Waals surface area contributed by atoms with E-state index in [0.717, 1.165) is 12.5 Å². The van der Waals surface area contributed by atoms with Gasteiger partial charge in [-0.15, -0.1) is 0 Å². The van der Waals surface area contributed by atoms with Crippen LogP contribution in [0.5, 0.6) is 0 Å². The van der Waals surface area contributed by atoms with E-state index in [9.17, 15) is 0 Å². The number of hydrogen-bond donors (Lipinski definition) is 1. The van der Waals surface area contributed by atoms with E-state index in [4.69, 9.17) is 0 Å². The summed E-state index contributed by atoms with van der Waals surface area (Å²) >= 11 is 0. The Morgan fingerprint density at radius 3 is 2.29 bits per heavy atom. The van der Waals surface area contributed by atoms with Crippen molar-refractivity contribution in [2.75, 3.05) is 6.54 Å². The molecule has 0 saturated heterocycles. The largest absolute Gasteiger partial charge is 0.311 e. The first-order valence-corrected chi connectivity index (χ1v) is 6.75. The van der Waals surface area contributed by atoms with Crippen LogP contribution in [0.25, 0.3) is 0 Å². The maximum absolute atomic E-state index is 3.69. The zero-order valence-corrected chi connectivity index (χ0v) is 11.6. The van der Waals surface area contributed by atoms with Gasteiger partial charge in [-0.2, -0.15) is 0 Å². The van der Waals surface area contributed by atoms with Crippen LogP contribution in [-0.2, 0) is 5.41 Å². The Balaban J connectivity index is 2.17. The normalized spacial score (nSPS) is 28.8. The van der Waals surface area contributed by atoms with Gasteiger partial charge in [0.2, 0.25) is 0 Å². The minimum absolute atomic E-state index is 0.205. The third kappa shape index (κ3) is 2.55. The summed E-state index contributed by atoms with van der Waals surface area (Å²) in [7, 11) is 0. The van der Waals surface area contributed by atoms with Gasteiger partial charge in [-0.1, -0.05) is 37.3 Å². The molecule has 17 heavy (non-hydrogen) atoms. The predicted octanol–water partition coefficient (Wildman–Crippen LogP) is 3.74. The van der Waals surface area contributed by atoms with Crippen LogP contribution < -0.4 is 5.32 Å². The van der Waals surface area contributed by atoms with E-state index in [2.05, 4.69) is 63.3 Å². The average molecular weight is 231 g/mol. The lowest BCUT2D eigenvalue weighted by molar-refractivity contribution is 0.124. The molecular formula is C16H25N. The summed E-state index contributed by atoms with van der Waals surface area (Å²) < 4.78 is 0. The SMILES string of the molecule is CC1CCC1(CNC(C)(C)C)c1ccccc1. The van der Waals surface area contributed by atoms with Gasteiger partial charge in [-0.25, -0.2) is 0 Å². The summed E-state index contributed by atoms with van der Waals surface area (Å²) in [5.41, 5.74) is 2.08. The molecule has 0 spiro atoms. The van der Waals surface area contributed by atoms with Crippen molar-refractivity contribution in [3.63, 3.8) is 0 Å². The van der Waals surface area contributed by atoms with Gasteiger partial charge in [-0.05, 0) is 45.1 Å². The second-order valence-corrected chi connectivity index (χ2v) is 6.57. The minimum atomic E-state index is 0.205. The van der Waals surface area contributed by atoms with E-state index in [1.165, 1.54) is 18.4 Å². The molecule has 1 aromatic rings. The second kappa shape index (κ2) is 4.45. The third-order valence-corrected chi connectivity index (χ3v) is 4.25. The molecule has 1 aromatic carbocycles. The molecule has 0 aliphatic heterocycles. The highest BCUT2D eigenvalue weighted by Crippen LogP contribution is 2.48. The summed E-state index contributed by atoms with van der Waals surface area (Å²) in [6, 6.07) is 11.0. The van der Waals surface area contributed by atoms with E-state index in [1.54, 1.807) is 0 Å². The molecule has 2 atom stereocenters. The molecular weight excluding hydrogens is 206 g/mol. The molecule has 0 amide bonds. The minimum Gasteiger partial charge on any atom is -0.311 e. The van der Waals surface area contributed by atoms with Crippen molar-refractivity contribution in [3.8, 4) is 0 Å². The third-order valence-electron chi connectivity index (χ3n) is 4.25. The molecule has 1 nitrogen and oxygen atoms in total. The van der Waals surface area contributed by atoms with Gasteiger partial charge in [-0.3, -0.25) is 0 Å². The Kier molecular flexibility index (Phi) is 3.31. The van der Waals surface area contributed by atoms with Crippen molar-refractivity contribution in [1.82, 2.24) is 5.32 Å². The van der Waals surface area contributed by atoms with E-state index < -0.39 is 0 Å². The maximum atomic E-state index is 3.69. The summed E-state index contributed by atoms with van der Waals surface area (Å²) in [5.74, 6) is 0.791. The van der Waals surface area contributed by atoms with E-state index in [0.29, 0.717) is 5.41 Å². The molecule has 94 valence electrons. The first-order chi connectivity index (χ1) is 7.94. The fourth-order valence-corrected chi connectivity index (χ4v) is 2.77. The van der Waals surface area contributed by atoms with Crippen molar-refractivity contribution in [1.29, 1.82) is 0 Å². The van der Waals surface area contributed by atoms with Crippen molar-refractivity contribution < 1.29 is 0 Å². The summed E-state index contributed by atoms with van der Waals surface area (Å²) in [5, 5.41) is 3.69. The molecule has 0 bridgehead atoms. The van der Waals surface area contributed by atoms with E-state index >= 15 is 0 Å². The second-order valence-electron chi connectivity index (χ2n) is 6.57. The molecule has 0 aromatic heterocycles. The fraction of sp³-hybridized carbons (Fsp3) is 0.625. The standard InChI is InChI=1S/C16H25N/c1-13-10-11-16(13,12-17-15(2,3)4)14-8-6-5-7-9-14/h5-9,13,17H,10-12H2,1-4H3. The van der Waals surface area contributed by atoms with Crippen LogP contribution in [0.1, 0.15) is 46.1 Å². The zero-order valence-electron chi connectivity index (χ0n) is 11.6. The van der Waals surface area contributed by atoms with Gasteiger partial charge in [0.05, 0.1) is 0 Å². The lowest BCUT2D eigenvalue weighted by Crippen LogP contribution is -2.53. The molecule has 1 aliphatic rings. The Morgan fingerprint density at radius 2 is 1.88 bits per heavy atom. The van der Waals surface area contributed by atoms with Crippen LogP contribution in [0.4, 0.5) is 0 Å². The molecule has 2 rings (SSSR count). The summed E-state index contributed by atoms with van der Waals surface area (Å²) in [4.78, 5) is 0. The van der Waals surface area contributed by atoms with Crippen LogP contribution in [-0.4, -0.2) is 12.1 Å². The lowest BCUT2D eigenvalue weighted by atomic mass is 9.57. The molecule has 1 fully saturated rings. The van der Waals surface area contributed by atoms with Crippen molar-refractivity contribution in [2.24, 2.45) is 5.92 Å². The number of rotatable bonds is 3. The molecule has 1 N–H and O–H groups in total. The molecule has 1 heteroatoms. The summed E-state index contributed by atoms with van der Waals surface area (Å²) in [6.07, 6.45) is 2.68. The van der Waals surface area contributed by atoms with Crippen LogP contribution in [0.3, 0.4) is 0 Å². The fourth-order valence-electron chi connectivity index (χ4n) is 2.77. The smallest absolute Gasteiger partial charge is 0.0104 e. The van der Waals surface area contributed by atoms with Crippen LogP contribution in [0, 0.1) is 5.92 Å². The van der Waals surface area contributed by atoms with Gasteiger partial charge in [0, 0.05) is 17.5 Å². The molecule has 0 radical (unpaired) electrons. The Hall–Kier alpha value is -0.820. The predicted molar refractivity (Wildman–Crippen MR) is 74.3 cm³/mol. The van der Waals surface area contributed by atoms with E-state index in [-0.39, 0.29) is 5.54 Å². The Morgan fingerprint density at radius 1 is 1.24 bits per heavy atom. The van der Waals surface area contributed by atoms with Crippen LogP contribution in [0.15, 0.2) is 30.3 Å².